The molecular formula is C30H26N2O5S. The molecule has 0 fully saturated rings. The maximum atomic E-state index is 14.0. The third-order valence-corrected chi connectivity index (χ3v) is 8.11. The first kappa shape index (κ1) is 24.2. The maximum Gasteiger partial charge on any atom is 0.271 e. The highest BCUT2D eigenvalue weighted by molar-refractivity contribution is 7.07. The number of allylic oxidation sites excluding steroid dienone is 2. The van der Waals surface area contributed by atoms with Crippen molar-refractivity contribution in [1.82, 2.24) is 4.57 Å². The lowest BCUT2D eigenvalue weighted by Crippen LogP contribution is -2.40. The van der Waals surface area contributed by atoms with Gasteiger partial charge < -0.3 is 14.2 Å². The molecule has 38 heavy (non-hydrogen) atoms. The number of methoxy groups -OCH3 is 3. The summed E-state index contributed by atoms with van der Waals surface area (Å²) >= 11 is 1.32. The normalized spacial score (nSPS) is 17.2. The van der Waals surface area contributed by atoms with E-state index >= 15 is 0 Å². The van der Waals surface area contributed by atoms with Crippen LogP contribution in [0.3, 0.4) is 0 Å². The van der Waals surface area contributed by atoms with Crippen molar-refractivity contribution >= 4 is 34.0 Å². The molecule has 1 atom stereocenters. The van der Waals surface area contributed by atoms with E-state index in [0.29, 0.717) is 38.6 Å². The number of ketones is 1. The monoisotopic (exact) mass is 526 g/mol. The van der Waals surface area contributed by atoms with E-state index < -0.39 is 6.04 Å². The highest BCUT2D eigenvalue weighted by Crippen LogP contribution is 2.40. The van der Waals surface area contributed by atoms with Crippen LogP contribution in [0.1, 0.15) is 36.4 Å². The number of rotatable bonds is 5. The predicted molar refractivity (Wildman–Crippen MR) is 147 cm³/mol. The number of aromatic nitrogens is 1. The van der Waals surface area contributed by atoms with Crippen LogP contribution in [0.5, 0.6) is 17.2 Å². The topological polar surface area (TPSA) is 79.1 Å². The molecule has 1 unspecified atom stereocenters. The average molecular weight is 527 g/mol. The number of carbonyl (C=O) groups excluding carboxylic acids is 1. The highest BCUT2D eigenvalue weighted by atomic mass is 32.1. The molecule has 1 aliphatic carbocycles. The number of hydrogen-bond donors (Lipinski definition) is 0. The quantitative estimate of drug-likeness (QED) is 0.391. The fourth-order valence-corrected chi connectivity index (χ4v) is 6.45. The van der Waals surface area contributed by atoms with Crippen LogP contribution in [0.4, 0.5) is 0 Å². The minimum Gasteiger partial charge on any atom is -0.493 e. The van der Waals surface area contributed by atoms with Gasteiger partial charge in [0.05, 0.1) is 37.6 Å². The van der Waals surface area contributed by atoms with Gasteiger partial charge in [0.2, 0.25) is 5.75 Å². The minimum atomic E-state index is -0.526. The second-order valence-corrected chi connectivity index (χ2v) is 10.3. The molecular weight excluding hydrogens is 500 g/mol. The zero-order valence-electron chi connectivity index (χ0n) is 21.3. The Labute approximate surface area is 222 Å². The lowest BCUT2D eigenvalue weighted by Gasteiger charge is -2.29. The summed E-state index contributed by atoms with van der Waals surface area (Å²) in [6, 6.07) is 17.2. The lowest BCUT2D eigenvalue weighted by molar-refractivity contribution is -0.116. The van der Waals surface area contributed by atoms with Gasteiger partial charge in [0.25, 0.3) is 5.56 Å². The number of nitrogens with zero attached hydrogens (tertiary/aromatic N) is 2. The van der Waals surface area contributed by atoms with Crippen molar-refractivity contribution in [2.24, 2.45) is 4.99 Å². The average Bonchev–Trinajstić information content (AvgIpc) is 3.25. The number of hydrogen-bond acceptors (Lipinski definition) is 7. The summed E-state index contributed by atoms with van der Waals surface area (Å²) in [5.41, 5.74) is 2.90. The molecule has 0 bridgehead atoms. The Bertz CT molecular complexity index is 1780. The number of Topliss-reactive ketones (excluding diaryl/α,β-unsaturated/α-hetero) is 1. The highest BCUT2D eigenvalue weighted by Gasteiger charge is 2.35. The molecule has 0 saturated heterocycles. The van der Waals surface area contributed by atoms with Crippen LogP contribution >= 0.6 is 11.3 Å². The van der Waals surface area contributed by atoms with Crippen LogP contribution in [-0.2, 0) is 4.79 Å². The summed E-state index contributed by atoms with van der Waals surface area (Å²) in [6.07, 6.45) is 3.76. The maximum absolute atomic E-state index is 14.0. The SMILES string of the molecule is COc1cc(C=c2sc3n(c2=O)C(c2cccc4ccccc24)C2=C(CCCC2=O)N=3)cc(OC)c1OC. The van der Waals surface area contributed by atoms with Crippen molar-refractivity contribution in [3.8, 4) is 17.2 Å². The summed E-state index contributed by atoms with van der Waals surface area (Å²) in [7, 11) is 4.66. The number of benzene rings is 3. The fraction of sp³-hybridized carbons (Fsp3) is 0.233. The Kier molecular flexibility index (Phi) is 6.12. The first-order valence-corrected chi connectivity index (χ1v) is 13.2. The number of thiazole rings is 1. The zero-order chi connectivity index (χ0) is 26.4. The van der Waals surface area contributed by atoms with Gasteiger partial charge in [0.1, 0.15) is 0 Å². The predicted octanol–water partition coefficient (Wildman–Crippen LogP) is 4.15. The second kappa shape index (κ2) is 9.61. The molecule has 1 aliphatic heterocycles. The van der Waals surface area contributed by atoms with Gasteiger partial charge in [-0.25, -0.2) is 4.99 Å². The van der Waals surface area contributed by atoms with E-state index in [1.54, 1.807) is 44.1 Å². The van der Waals surface area contributed by atoms with E-state index in [9.17, 15) is 9.59 Å². The molecule has 0 N–H and O–H groups in total. The van der Waals surface area contributed by atoms with Gasteiger partial charge in [-0.2, -0.15) is 0 Å². The molecule has 0 saturated carbocycles. The van der Waals surface area contributed by atoms with Crippen molar-refractivity contribution in [2.75, 3.05) is 21.3 Å². The molecule has 2 aliphatic rings. The third kappa shape index (κ3) is 3.83. The van der Waals surface area contributed by atoms with Crippen molar-refractivity contribution < 1.29 is 19.0 Å². The Morgan fingerprint density at radius 1 is 0.947 bits per heavy atom. The Hall–Kier alpha value is -4.17. The van der Waals surface area contributed by atoms with Crippen LogP contribution in [0.25, 0.3) is 16.8 Å². The molecule has 0 amide bonds. The van der Waals surface area contributed by atoms with Gasteiger partial charge in [-0.1, -0.05) is 53.8 Å². The van der Waals surface area contributed by atoms with E-state index in [2.05, 4.69) is 0 Å². The number of ether oxygens (including phenoxy) is 3. The third-order valence-electron chi connectivity index (χ3n) is 7.13. The fourth-order valence-electron chi connectivity index (χ4n) is 5.43. The number of carbonyl (C=O) groups is 1. The molecule has 4 aromatic rings. The standard InChI is InChI=1S/C30H26N2O5S/c1-35-23-14-17(15-24(36-2)28(23)37-3)16-25-29(34)32-27(20-11-6-9-18-8-4-5-10-19(18)20)26-21(31-30(32)38-25)12-7-13-22(26)33/h4-6,8-11,14-16,27H,7,12-13H2,1-3H3. The van der Waals surface area contributed by atoms with Crippen molar-refractivity contribution in [2.45, 2.75) is 25.3 Å². The summed E-state index contributed by atoms with van der Waals surface area (Å²) in [4.78, 5) is 32.7. The van der Waals surface area contributed by atoms with Crippen molar-refractivity contribution in [1.29, 1.82) is 0 Å². The van der Waals surface area contributed by atoms with Crippen LogP contribution in [0.15, 0.2) is 75.7 Å². The lowest BCUT2D eigenvalue weighted by atomic mass is 9.84. The Morgan fingerprint density at radius 2 is 1.68 bits per heavy atom. The summed E-state index contributed by atoms with van der Waals surface area (Å²) in [6.45, 7) is 0. The zero-order valence-corrected chi connectivity index (χ0v) is 22.1. The van der Waals surface area contributed by atoms with E-state index in [-0.39, 0.29) is 11.3 Å². The molecule has 0 radical (unpaired) electrons. The molecule has 1 aromatic heterocycles. The van der Waals surface area contributed by atoms with Crippen LogP contribution < -0.4 is 29.1 Å². The van der Waals surface area contributed by atoms with Gasteiger partial charge in [-0.3, -0.25) is 14.2 Å². The minimum absolute atomic E-state index is 0.0619. The van der Waals surface area contributed by atoms with E-state index in [4.69, 9.17) is 19.2 Å². The molecule has 7 nitrogen and oxygen atoms in total. The summed E-state index contributed by atoms with van der Waals surface area (Å²) in [5.74, 6) is 1.55. The van der Waals surface area contributed by atoms with Crippen LogP contribution in [0.2, 0.25) is 0 Å². The first-order valence-electron chi connectivity index (χ1n) is 12.4. The van der Waals surface area contributed by atoms with Crippen molar-refractivity contribution in [3.05, 3.63) is 96.7 Å². The van der Waals surface area contributed by atoms with Crippen LogP contribution in [-0.4, -0.2) is 31.7 Å². The molecule has 192 valence electrons. The van der Waals surface area contributed by atoms with Gasteiger partial charge in [-0.15, -0.1) is 0 Å². The Morgan fingerprint density at radius 3 is 2.42 bits per heavy atom. The first-order chi connectivity index (χ1) is 18.5. The second-order valence-electron chi connectivity index (χ2n) is 9.25. The number of fused-ring (bicyclic) bond motifs is 2. The van der Waals surface area contributed by atoms with Gasteiger partial charge in [0.15, 0.2) is 22.1 Å². The smallest absolute Gasteiger partial charge is 0.271 e. The molecule has 6 rings (SSSR count). The molecule has 2 heterocycles. The largest absolute Gasteiger partial charge is 0.493 e. The van der Waals surface area contributed by atoms with E-state index in [0.717, 1.165) is 40.4 Å². The van der Waals surface area contributed by atoms with E-state index in [1.807, 2.05) is 42.5 Å². The molecule has 8 heteroatoms. The van der Waals surface area contributed by atoms with Crippen molar-refractivity contribution in [3.63, 3.8) is 0 Å². The van der Waals surface area contributed by atoms with E-state index in [1.165, 1.54) is 11.3 Å². The summed E-state index contributed by atoms with van der Waals surface area (Å²) in [5, 5.41) is 2.08. The van der Waals surface area contributed by atoms with Gasteiger partial charge >= 0.3 is 0 Å². The summed E-state index contributed by atoms with van der Waals surface area (Å²) < 4.78 is 18.6. The van der Waals surface area contributed by atoms with Crippen LogP contribution in [0, 0.1) is 0 Å². The van der Waals surface area contributed by atoms with Gasteiger partial charge in [0, 0.05) is 12.0 Å². The van der Waals surface area contributed by atoms with Gasteiger partial charge in [-0.05, 0) is 52.9 Å². The molecule has 0 spiro atoms. The Balaban J connectivity index is 1.61. The molecule has 3 aromatic carbocycles.